The molecule has 4 aliphatic heterocycles. The van der Waals surface area contributed by atoms with Crippen LogP contribution in [0.5, 0.6) is 5.75 Å². The molecule has 1 N–H and O–H groups in total. The minimum Gasteiger partial charge on any atom is -0.497 e. The third kappa shape index (κ3) is 6.00. The number of hydrogen-bond donors (Lipinski definition) is 1. The number of β-lactam (4-membered cyclic amide) rings is 1. The molecule has 4 aromatic carbocycles. The molecule has 3 amide bonds. The van der Waals surface area contributed by atoms with Crippen LogP contribution in [0, 0.1) is 5.92 Å². The van der Waals surface area contributed by atoms with Crippen LogP contribution in [0.3, 0.4) is 0 Å². The number of aliphatic hydroxyl groups is 1. The highest BCUT2D eigenvalue weighted by atomic mass is 79.9. The topological polar surface area (TPSA) is 99.6 Å². The van der Waals surface area contributed by atoms with Crippen LogP contribution in [0.4, 0.5) is 11.4 Å². The number of aliphatic hydroxyl groups excluding tert-OH is 1. The molecule has 0 aliphatic carbocycles. The van der Waals surface area contributed by atoms with Crippen molar-refractivity contribution < 1.29 is 29.0 Å². The van der Waals surface area contributed by atoms with Crippen LogP contribution in [-0.2, 0) is 44.2 Å². The third-order valence-electron chi connectivity index (χ3n) is 12.5. The zero-order chi connectivity index (χ0) is 37.9. The van der Waals surface area contributed by atoms with E-state index >= 15 is 4.79 Å². The van der Waals surface area contributed by atoms with E-state index in [1.807, 2.05) is 82.6 Å². The van der Waals surface area contributed by atoms with Gasteiger partial charge < -0.3 is 29.3 Å². The van der Waals surface area contributed by atoms with Crippen LogP contribution >= 0.6 is 15.9 Å². The predicted octanol–water partition coefficient (Wildman–Crippen LogP) is 6.29. The zero-order valence-corrected chi connectivity index (χ0v) is 33.7. The molecule has 5 atom stereocenters. The summed E-state index contributed by atoms with van der Waals surface area (Å²) in [7, 11) is -0.852. The van der Waals surface area contributed by atoms with Crippen LogP contribution in [0.15, 0.2) is 95.5 Å². The number of nitrogens with zero attached hydrogens (tertiary/aromatic N) is 3. The van der Waals surface area contributed by atoms with Gasteiger partial charge in [0.05, 0.1) is 52.6 Å². The van der Waals surface area contributed by atoms with E-state index in [2.05, 4.69) is 54.1 Å². The van der Waals surface area contributed by atoms with Crippen molar-refractivity contribution in [1.29, 1.82) is 0 Å². The van der Waals surface area contributed by atoms with Crippen molar-refractivity contribution in [2.75, 3.05) is 30.1 Å². The zero-order valence-electron chi connectivity index (χ0n) is 31.1. The second-order valence-electron chi connectivity index (χ2n) is 15.7. The van der Waals surface area contributed by atoms with E-state index in [4.69, 9.17) is 9.47 Å². The van der Waals surface area contributed by atoms with Gasteiger partial charge in [0, 0.05) is 41.2 Å². The van der Waals surface area contributed by atoms with Gasteiger partial charge in [-0.25, -0.2) is 0 Å². The van der Waals surface area contributed by atoms with Crippen LogP contribution in [-0.4, -0.2) is 68.2 Å². The molecule has 2 saturated heterocycles. The van der Waals surface area contributed by atoms with Crippen LogP contribution in [0.2, 0.25) is 18.6 Å². The Morgan fingerprint density at radius 2 is 1.76 bits per heavy atom. The molecule has 0 aromatic heterocycles. The fraction of sp³-hybridized carbons (Fsp3) is 0.372. The van der Waals surface area contributed by atoms with Gasteiger partial charge in [-0.2, -0.15) is 0 Å². The van der Waals surface area contributed by atoms with E-state index in [1.54, 1.807) is 12.0 Å². The number of methoxy groups -OCH3 is 1. The van der Waals surface area contributed by atoms with E-state index in [9.17, 15) is 14.7 Å². The normalized spacial score (nSPS) is 24.8. The first-order valence-electron chi connectivity index (χ1n) is 18.8. The van der Waals surface area contributed by atoms with E-state index in [0.29, 0.717) is 32.5 Å². The molecule has 280 valence electrons. The molecule has 0 unspecified atom stereocenters. The Balaban J connectivity index is 1.18. The number of carbonyl (C=O) groups is 3. The molecule has 1 spiro atoms. The minimum absolute atomic E-state index is 0.0866. The number of benzene rings is 4. The Morgan fingerprint density at radius 3 is 2.44 bits per heavy atom. The highest BCUT2D eigenvalue weighted by molar-refractivity contribution is 9.10. The summed E-state index contributed by atoms with van der Waals surface area (Å²) < 4.78 is 13.6. The van der Waals surface area contributed by atoms with E-state index in [-0.39, 0.29) is 48.3 Å². The Bertz CT molecular complexity index is 2130. The van der Waals surface area contributed by atoms with Gasteiger partial charge in [0.15, 0.2) is 5.60 Å². The second-order valence-corrected chi connectivity index (χ2v) is 21.3. The Kier molecular flexibility index (Phi) is 9.57. The number of carbonyl (C=O) groups excluding carboxylic acids is 3. The molecule has 9 nitrogen and oxygen atoms in total. The number of fused-ring (bicyclic) bond motifs is 3. The van der Waals surface area contributed by atoms with Crippen LogP contribution < -0.4 is 19.7 Å². The maximum absolute atomic E-state index is 15.3. The summed E-state index contributed by atoms with van der Waals surface area (Å²) in [6.45, 7) is 8.03. The summed E-state index contributed by atoms with van der Waals surface area (Å²) in [4.78, 5) is 47.5. The largest absolute Gasteiger partial charge is 0.497 e. The van der Waals surface area contributed by atoms with Crippen molar-refractivity contribution in [3.05, 3.63) is 118 Å². The number of rotatable bonds is 9. The molecule has 54 heavy (non-hydrogen) atoms. The predicted molar refractivity (Wildman–Crippen MR) is 215 cm³/mol. The van der Waals surface area contributed by atoms with Crippen LogP contribution in [0.1, 0.15) is 42.0 Å². The molecule has 0 radical (unpaired) electrons. The third-order valence-corrected chi connectivity index (χ3v) is 17.3. The molecule has 4 aromatic rings. The van der Waals surface area contributed by atoms with E-state index in [0.717, 1.165) is 43.9 Å². The first-order chi connectivity index (χ1) is 26.0. The monoisotopic (exact) mass is 807 g/mol. The van der Waals surface area contributed by atoms with Gasteiger partial charge in [0.25, 0.3) is 5.91 Å². The summed E-state index contributed by atoms with van der Waals surface area (Å²) in [6, 6.07) is 29.7. The number of amides is 3. The first-order valence-corrected chi connectivity index (χ1v) is 22.6. The van der Waals surface area contributed by atoms with Gasteiger partial charge in [-0.05, 0) is 71.1 Å². The Morgan fingerprint density at radius 1 is 1.00 bits per heavy atom. The first kappa shape index (κ1) is 36.7. The molecule has 4 aliphatic rings. The molecule has 8 rings (SSSR count). The molecule has 0 bridgehead atoms. The van der Waals surface area contributed by atoms with Gasteiger partial charge in [-0.15, -0.1) is 0 Å². The molecule has 2 fully saturated rings. The average Bonchev–Trinajstić information content (AvgIpc) is 3.59. The maximum Gasteiger partial charge on any atom is 0.264 e. The fourth-order valence-corrected chi connectivity index (χ4v) is 13.9. The lowest BCUT2D eigenvalue weighted by atomic mass is 9.82. The summed E-state index contributed by atoms with van der Waals surface area (Å²) >= 11 is 3.70. The van der Waals surface area contributed by atoms with E-state index < -0.39 is 19.8 Å². The number of anilines is 2. The molecule has 11 heteroatoms. The van der Waals surface area contributed by atoms with Gasteiger partial charge >= 0.3 is 0 Å². The van der Waals surface area contributed by atoms with Crippen molar-refractivity contribution >= 4 is 58.3 Å². The van der Waals surface area contributed by atoms with Gasteiger partial charge in [-0.3, -0.25) is 14.4 Å². The van der Waals surface area contributed by atoms with Crippen molar-refractivity contribution in [2.45, 2.75) is 75.7 Å². The molecule has 0 saturated carbocycles. The van der Waals surface area contributed by atoms with Crippen molar-refractivity contribution in [3.63, 3.8) is 0 Å². The number of ether oxygens (including phenoxy) is 2. The fourth-order valence-electron chi connectivity index (χ4n) is 9.57. The summed E-state index contributed by atoms with van der Waals surface area (Å²) in [5.41, 5.74) is 4.09. The summed E-state index contributed by atoms with van der Waals surface area (Å²) in [6.07, 6.45) is 0.651. The van der Waals surface area contributed by atoms with Crippen LogP contribution in [0.25, 0.3) is 0 Å². The SMILES string of the molecule is COc1ccc([Si](C)(C)[C@H]2[C@H](CC(=O)N3Cc4ccccc4C[C@H]3CO)O[C@@]3(C(=O)N(Cc4cccc(N5CCC5=O)c4)c4ccc(Br)cc43)[C@@H]2C)cc1. The summed E-state index contributed by atoms with van der Waals surface area (Å²) in [5.74, 6) is 0.349. The molecular formula is C43H46BrN3O6Si. The quantitative estimate of drug-likeness (QED) is 0.158. The number of halogens is 1. The van der Waals surface area contributed by atoms with Crippen molar-refractivity contribution in [2.24, 2.45) is 5.92 Å². The highest BCUT2D eigenvalue weighted by Gasteiger charge is 2.66. The minimum atomic E-state index is -2.51. The number of hydrogen-bond acceptors (Lipinski definition) is 6. The standard InChI is InChI=1S/C43H46BrN3O6Si/c1-27-41(54(3,4)35-15-13-34(52-2)14-16-35)38(23-40(50)46-25-30-10-6-5-9-29(30)21-33(46)26-48)53-43(27)36-22-31(44)12-17-37(36)47(42(43)51)24-28-8-7-11-32(20-28)45-19-18-39(45)49/h5-17,20,22,27,33,38,41,48H,18-19,21,23-26H2,1-4H3/t27-,33+,38+,41-,43+/m1/s1. The maximum atomic E-state index is 15.3. The lowest BCUT2D eigenvalue weighted by Crippen LogP contribution is -2.52. The Labute approximate surface area is 326 Å². The van der Waals surface area contributed by atoms with Gasteiger partial charge in [0.2, 0.25) is 11.8 Å². The average molecular weight is 809 g/mol. The van der Waals surface area contributed by atoms with Gasteiger partial charge in [-0.1, -0.05) is 89.7 Å². The Hall–Kier alpha value is -4.29. The van der Waals surface area contributed by atoms with Crippen molar-refractivity contribution in [1.82, 2.24) is 4.90 Å². The molecule has 4 heterocycles. The highest BCUT2D eigenvalue weighted by Crippen LogP contribution is 2.60. The smallest absolute Gasteiger partial charge is 0.264 e. The lowest BCUT2D eigenvalue weighted by Gasteiger charge is -2.39. The second kappa shape index (κ2) is 14.1. The van der Waals surface area contributed by atoms with E-state index in [1.165, 1.54) is 5.19 Å². The summed E-state index contributed by atoms with van der Waals surface area (Å²) in [5, 5.41) is 11.7. The van der Waals surface area contributed by atoms with Crippen molar-refractivity contribution in [3.8, 4) is 5.75 Å². The molecular weight excluding hydrogens is 762 g/mol. The van der Waals surface area contributed by atoms with Gasteiger partial charge in [0.1, 0.15) is 5.75 Å². The lowest BCUT2D eigenvalue weighted by molar-refractivity contribution is -0.151.